The van der Waals surface area contributed by atoms with Crippen molar-refractivity contribution in [2.45, 2.75) is 42.1 Å². The molecule has 1 saturated heterocycles. The first kappa shape index (κ1) is 19.2. The average Bonchev–Trinajstić information content (AvgIpc) is 2.87. The van der Waals surface area contributed by atoms with E-state index in [2.05, 4.69) is 10.6 Å². The molecule has 136 valence electrons. The highest BCUT2D eigenvalue weighted by atomic mass is 32.2. The molecule has 0 aliphatic carbocycles. The molecule has 25 heavy (non-hydrogen) atoms. The van der Waals surface area contributed by atoms with Gasteiger partial charge in [0.25, 0.3) is 0 Å². The van der Waals surface area contributed by atoms with Gasteiger partial charge >= 0.3 is 11.9 Å². The van der Waals surface area contributed by atoms with Crippen LogP contribution in [0.3, 0.4) is 0 Å². The highest BCUT2D eigenvalue weighted by Crippen LogP contribution is 2.39. The minimum atomic E-state index is -1.31. The number of benzene rings is 1. The maximum atomic E-state index is 12.3. The van der Waals surface area contributed by atoms with Crippen LogP contribution in [0.2, 0.25) is 0 Å². The SMILES string of the molecule is CC1(C)S[C@@H]([C@@H](NC(=O)[C@H](N)c2ccccc2)C(=O)O)N[C@H]1C(=O)O. The summed E-state index contributed by atoms with van der Waals surface area (Å²) in [5.74, 6) is -2.98. The van der Waals surface area contributed by atoms with E-state index in [-0.39, 0.29) is 0 Å². The Morgan fingerprint density at radius 1 is 1.24 bits per heavy atom. The molecule has 1 amide bonds. The van der Waals surface area contributed by atoms with Crippen molar-refractivity contribution >= 4 is 29.6 Å². The number of carboxylic acids is 2. The van der Waals surface area contributed by atoms with Gasteiger partial charge in [-0.25, -0.2) is 4.79 Å². The number of thioether (sulfide) groups is 1. The predicted molar refractivity (Wildman–Crippen MR) is 93.0 cm³/mol. The standard InChI is InChI=1S/C16H21N3O5S/c1-16(2)11(15(23)24)19-13(25-16)10(14(21)22)18-12(20)9(17)8-6-4-3-5-7-8/h3-7,9-11,13,19H,17H2,1-2H3,(H,18,20)(H,21,22)(H,23,24)/t9-,10-,11+,13+/m1/s1. The van der Waals surface area contributed by atoms with Gasteiger partial charge in [0.1, 0.15) is 12.1 Å². The third-order valence-corrected chi connectivity index (χ3v) is 5.52. The molecule has 1 heterocycles. The van der Waals surface area contributed by atoms with Crippen LogP contribution in [-0.4, -0.2) is 50.3 Å². The van der Waals surface area contributed by atoms with Gasteiger partial charge in [-0.2, -0.15) is 0 Å². The van der Waals surface area contributed by atoms with E-state index in [1.807, 2.05) is 0 Å². The van der Waals surface area contributed by atoms with Crippen molar-refractivity contribution in [1.29, 1.82) is 0 Å². The molecule has 0 radical (unpaired) electrons. The molecule has 8 nitrogen and oxygen atoms in total. The van der Waals surface area contributed by atoms with Gasteiger partial charge in [0.15, 0.2) is 6.04 Å². The van der Waals surface area contributed by atoms with Gasteiger partial charge in [-0.15, -0.1) is 11.8 Å². The minimum absolute atomic E-state index is 0.555. The van der Waals surface area contributed by atoms with E-state index in [4.69, 9.17) is 5.73 Å². The van der Waals surface area contributed by atoms with Crippen molar-refractivity contribution in [3.63, 3.8) is 0 Å². The van der Waals surface area contributed by atoms with Crippen molar-refractivity contribution in [3.05, 3.63) is 35.9 Å². The normalized spacial score (nSPS) is 24.3. The number of rotatable bonds is 6. The van der Waals surface area contributed by atoms with E-state index < -0.39 is 46.1 Å². The van der Waals surface area contributed by atoms with Gasteiger partial charge < -0.3 is 21.3 Å². The van der Waals surface area contributed by atoms with E-state index in [0.29, 0.717) is 5.56 Å². The summed E-state index contributed by atoms with van der Waals surface area (Å²) >= 11 is 1.16. The molecule has 2 rings (SSSR count). The molecule has 1 fully saturated rings. The second-order valence-electron chi connectivity index (χ2n) is 6.29. The minimum Gasteiger partial charge on any atom is -0.480 e. The Kier molecular flexibility index (Phi) is 5.71. The summed E-state index contributed by atoms with van der Waals surface area (Å²) < 4.78 is -0.726. The number of hydrogen-bond donors (Lipinski definition) is 5. The van der Waals surface area contributed by atoms with Crippen LogP contribution in [0.15, 0.2) is 30.3 Å². The topological polar surface area (TPSA) is 142 Å². The fraction of sp³-hybridized carbons (Fsp3) is 0.438. The van der Waals surface area contributed by atoms with Crippen molar-refractivity contribution in [3.8, 4) is 0 Å². The molecule has 1 aliphatic rings. The third-order valence-electron chi connectivity index (χ3n) is 4.01. The van der Waals surface area contributed by atoms with Crippen LogP contribution in [0.1, 0.15) is 25.5 Å². The summed E-state index contributed by atoms with van der Waals surface area (Å²) in [7, 11) is 0. The van der Waals surface area contributed by atoms with Gasteiger partial charge in [0.2, 0.25) is 5.91 Å². The molecule has 4 atom stereocenters. The molecular weight excluding hydrogens is 346 g/mol. The number of carbonyl (C=O) groups excluding carboxylic acids is 1. The maximum absolute atomic E-state index is 12.3. The van der Waals surface area contributed by atoms with Crippen molar-refractivity contribution in [2.24, 2.45) is 5.73 Å². The van der Waals surface area contributed by atoms with Crippen LogP contribution in [0.5, 0.6) is 0 Å². The molecule has 0 unspecified atom stereocenters. The fourth-order valence-electron chi connectivity index (χ4n) is 2.65. The number of hydrogen-bond acceptors (Lipinski definition) is 6. The van der Waals surface area contributed by atoms with Gasteiger partial charge in [0, 0.05) is 4.75 Å². The molecule has 9 heteroatoms. The number of carbonyl (C=O) groups is 3. The first-order chi connectivity index (χ1) is 11.6. The zero-order valence-corrected chi connectivity index (χ0v) is 14.6. The molecule has 1 aliphatic heterocycles. The number of nitrogens with one attached hydrogen (secondary N) is 2. The lowest BCUT2D eigenvalue weighted by Gasteiger charge is -2.23. The van der Waals surface area contributed by atoms with E-state index in [1.54, 1.807) is 44.2 Å². The quantitative estimate of drug-likeness (QED) is 0.478. The largest absolute Gasteiger partial charge is 0.480 e. The van der Waals surface area contributed by atoms with Crippen LogP contribution in [-0.2, 0) is 14.4 Å². The van der Waals surface area contributed by atoms with Crippen LogP contribution < -0.4 is 16.4 Å². The summed E-state index contributed by atoms with van der Waals surface area (Å²) in [6.07, 6.45) is 0. The highest BCUT2D eigenvalue weighted by molar-refractivity contribution is 8.01. The summed E-state index contributed by atoms with van der Waals surface area (Å²) in [4.78, 5) is 35.3. The molecule has 0 aromatic heterocycles. The Morgan fingerprint density at radius 2 is 1.84 bits per heavy atom. The third kappa shape index (κ3) is 4.30. The van der Waals surface area contributed by atoms with Gasteiger partial charge in [-0.1, -0.05) is 30.3 Å². The summed E-state index contributed by atoms with van der Waals surface area (Å²) in [5.41, 5.74) is 6.44. The Morgan fingerprint density at radius 3 is 2.32 bits per heavy atom. The first-order valence-corrected chi connectivity index (χ1v) is 8.52. The molecular formula is C16H21N3O5S. The Hall–Kier alpha value is -2.10. The average molecular weight is 367 g/mol. The monoisotopic (exact) mass is 367 g/mol. The zero-order valence-electron chi connectivity index (χ0n) is 13.8. The van der Waals surface area contributed by atoms with Crippen LogP contribution >= 0.6 is 11.8 Å². The van der Waals surface area contributed by atoms with Gasteiger partial charge in [0.05, 0.1) is 5.37 Å². The summed E-state index contributed by atoms with van der Waals surface area (Å²) in [5, 5.41) is 23.1. The number of aliphatic carboxylic acids is 2. The molecule has 0 saturated carbocycles. The lowest BCUT2D eigenvalue weighted by molar-refractivity contribution is -0.143. The van der Waals surface area contributed by atoms with Crippen LogP contribution in [0, 0.1) is 0 Å². The maximum Gasteiger partial charge on any atom is 0.328 e. The smallest absolute Gasteiger partial charge is 0.328 e. The zero-order chi connectivity index (χ0) is 18.8. The van der Waals surface area contributed by atoms with E-state index in [1.165, 1.54) is 0 Å². The Balaban J connectivity index is 2.13. The fourth-order valence-corrected chi connectivity index (χ4v) is 4.13. The Labute approximate surface area is 149 Å². The lowest BCUT2D eigenvalue weighted by Crippen LogP contribution is -2.55. The lowest BCUT2D eigenvalue weighted by atomic mass is 10.0. The molecule has 0 spiro atoms. The van der Waals surface area contributed by atoms with Crippen LogP contribution in [0.4, 0.5) is 0 Å². The summed E-state index contributed by atoms with van der Waals surface area (Å²) in [6.45, 7) is 3.42. The second-order valence-corrected chi connectivity index (χ2v) is 8.09. The molecule has 1 aromatic carbocycles. The van der Waals surface area contributed by atoms with Gasteiger partial charge in [-0.05, 0) is 19.4 Å². The first-order valence-electron chi connectivity index (χ1n) is 7.64. The number of nitrogens with two attached hydrogens (primary N) is 1. The summed E-state index contributed by atoms with van der Waals surface area (Å²) in [6, 6.07) is 5.33. The van der Waals surface area contributed by atoms with Crippen molar-refractivity contribution in [1.82, 2.24) is 10.6 Å². The molecule has 6 N–H and O–H groups in total. The number of carboxylic acid groups (broad SMARTS) is 2. The van der Waals surface area contributed by atoms with Crippen LogP contribution in [0.25, 0.3) is 0 Å². The highest BCUT2D eigenvalue weighted by Gasteiger charge is 2.49. The number of amides is 1. The van der Waals surface area contributed by atoms with E-state index >= 15 is 0 Å². The second kappa shape index (κ2) is 7.42. The molecule has 1 aromatic rings. The van der Waals surface area contributed by atoms with Crippen molar-refractivity contribution in [2.75, 3.05) is 0 Å². The predicted octanol–water partition coefficient (Wildman–Crippen LogP) is 0.150. The van der Waals surface area contributed by atoms with Gasteiger partial charge in [-0.3, -0.25) is 14.9 Å². The van der Waals surface area contributed by atoms with Crippen molar-refractivity contribution < 1.29 is 24.6 Å². The molecule has 0 bridgehead atoms. The van der Waals surface area contributed by atoms with E-state index in [0.717, 1.165) is 11.8 Å². The van der Waals surface area contributed by atoms with E-state index in [9.17, 15) is 24.6 Å². The Bertz CT molecular complexity index is 667.